The lowest BCUT2D eigenvalue weighted by Gasteiger charge is -1.99. The predicted octanol–water partition coefficient (Wildman–Crippen LogP) is 2.88. The van der Waals surface area contributed by atoms with Crippen LogP contribution in [0.2, 0.25) is 0 Å². The maximum atomic E-state index is 8.77. The topological polar surface area (TPSA) is 21.4 Å². The molecule has 0 amide bonds. The van der Waals surface area contributed by atoms with Crippen LogP contribution in [0.5, 0.6) is 0 Å². The summed E-state index contributed by atoms with van der Waals surface area (Å²) in [5.41, 5.74) is 3.18. The molecule has 1 N–H and O–H groups in total. The molecular formula is C13H11O+. The van der Waals surface area contributed by atoms with Crippen LogP contribution in [0.1, 0.15) is 5.56 Å². The Hall–Kier alpha value is -1.89. The van der Waals surface area contributed by atoms with Crippen molar-refractivity contribution in [3.63, 3.8) is 0 Å². The lowest BCUT2D eigenvalue weighted by Crippen LogP contribution is -1.81. The Morgan fingerprint density at radius 3 is 1.86 bits per heavy atom. The number of aldehydes is 1. The van der Waals surface area contributed by atoms with E-state index < -0.39 is 0 Å². The summed E-state index contributed by atoms with van der Waals surface area (Å²) in [4.78, 5) is 8.77. The summed E-state index contributed by atoms with van der Waals surface area (Å²) in [6.45, 7) is 0. The van der Waals surface area contributed by atoms with Crippen LogP contribution in [0, 0.1) is 0 Å². The molecule has 0 fully saturated rings. The van der Waals surface area contributed by atoms with Gasteiger partial charge in [-0.2, -0.15) is 0 Å². The molecule has 1 nitrogen and oxygen atoms in total. The van der Waals surface area contributed by atoms with Gasteiger partial charge in [0, 0.05) is 0 Å². The average Bonchev–Trinajstić information content (AvgIpc) is 2.30. The predicted molar refractivity (Wildman–Crippen MR) is 59.0 cm³/mol. The zero-order valence-electron chi connectivity index (χ0n) is 7.72. The monoisotopic (exact) mass is 183 g/mol. The largest absolute Gasteiger partial charge is 0.312 e. The Kier molecular flexibility index (Phi) is 2.41. The number of benzene rings is 2. The van der Waals surface area contributed by atoms with Crippen LogP contribution in [0.3, 0.4) is 0 Å². The van der Waals surface area contributed by atoms with E-state index in [1.54, 1.807) is 0 Å². The van der Waals surface area contributed by atoms with Gasteiger partial charge in [-0.3, -0.25) is 4.79 Å². The van der Waals surface area contributed by atoms with Gasteiger partial charge in [-0.05, 0) is 23.3 Å². The van der Waals surface area contributed by atoms with Gasteiger partial charge >= 0.3 is 6.29 Å². The van der Waals surface area contributed by atoms with E-state index in [1.807, 2.05) is 42.5 Å². The van der Waals surface area contributed by atoms with Crippen molar-refractivity contribution in [1.82, 2.24) is 0 Å². The Morgan fingerprint density at radius 2 is 1.29 bits per heavy atom. The lowest BCUT2D eigenvalue weighted by molar-refractivity contribution is 0.695. The fourth-order valence-electron chi connectivity index (χ4n) is 1.39. The van der Waals surface area contributed by atoms with E-state index in [0.717, 1.165) is 17.4 Å². The van der Waals surface area contributed by atoms with Crippen molar-refractivity contribution in [3.05, 3.63) is 60.2 Å². The third kappa shape index (κ3) is 1.72. The number of rotatable bonds is 2. The van der Waals surface area contributed by atoms with Gasteiger partial charge in [-0.1, -0.05) is 42.5 Å². The Bertz CT molecular complexity index is 415. The SMILES string of the molecule is [OH+]=Cc1ccc(-c2ccccc2)cc1. The molecule has 0 aliphatic heterocycles. The molecule has 0 heterocycles. The van der Waals surface area contributed by atoms with Crippen molar-refractivity contribution >= 4 is 6.29 Å². The van der Waals surface area contributed by atoms with Gasteiger partial charge in [-0.25, -0.2) is 0 Å². The molecule has 68 valence electrons. The zero-order valence-corrected chi connectivity index (χ0v) is 7.72. The number of hydrogen-bond acceptors (Lipinski definition) is 0. The lowest BCUT2D eigenvalue weighted by atomic mass is 10.0. The van der Waals surface area contributed by atoms with E-state index in [4.69, 9.17) is 4.79 Å². The van der Waals surface area contributed by atoms with Crippen molar-refractivity contribution in [3.8, 4) is 11.1 Å². The summed E-state index contributed by atoms with van der Waals surface area (Å²) in [6.07, 6.45) is 1.11. The highest BCUT2D eigenvalue weighted by molar-refractivity contribution is 5.77. The molecule has 0 atom stereocenters. The molecule has 1 heteroatoms. The van der Waals surface area contributed by atoms with Crippen molar-refractivity contribution in [2.75, 3.05) is 0 Å². The van der Waals surface area contributed by atoms with Crippen molar-refractivity contribution in [1.29, 1.82) is 0 Å². The molecule has 0 aromatic heterocycles. The molecule has 0 unspecified atom stereocenters. The molecular weight excluding hydrogens is 172 g/mol. The third-order valence-corrected chi connectivity index (χ3v) is 2.17. The van der Waals surface area contributed by atoms with Gasteiger partial charge in [-0.15, -0.1) is 0 Å². The molecule has 0 aliphatic rings. The summed E-state index contributed by atoms with van der Waals surface area (Å²) in [6, 6.07) is 17.9. The first-order valence-electron chi connectivity index (χ1n) is 4.53. The normalized spacial score (nSPS) is 9.71. The minimum Gasteiger partial charge on any atom is -0.281 e. The minimum atomic E-state index is 0.824. The van der Waals surface area contributed by atoms with Gasteiger partial charge in [0.15, 0.2) is 0 Å². The Morgan fingerprint density at radius 1 is 0.714 bits per heavy atom. The fraction of sp³-hybridized carbons (Fsp3) is 0. The van der Waals surface area contributed by atoms with Gasteiger partial charge in [0.2, 0.25) is 0 Å². The van der Waals surface area contributed by atoms with E-state index in [2.05, 4.69) is 12.1 Å². The first-order chi connectivity index (χ1) is 6.90. The highest BCUT2D eigenvalue weighted by atomic mass is 16.1. The van der Waals surface area contributed by atoms with Crippen LogP contribution in [0.4, 0.5) is 0 Å². The smallest absolute Gasteiger partial charge is 0.281 e. The first-order valence-corrected chi connectivity index (χ1v) is 4.53. The maximum Gasteiger partial charge on any atom is 0.312 e. The highest BCUT2D eigenvalue weighted by Crippen LogP contribution is 2.18. The molecule has 0 saturated heterocycles. The molecule has 2 aromatic rings. The van der Waals surface area contributed by atoms with E-state index >= 15 is 0 Å². The van der Waals surface area contributed by atoms with Crippen molar-refractivity contribution in [2.45, 2.75) is 0 Å². The van der Waals surface area contributed by atoms with E-state index in [1.165, 1.54) is 5.56 Å². The third-order valence-electron chi connectivity index (χ3n) is 2.17. The van der Waals surface area contributed by atoms with Crippen LogP contribution >= 0.6 is 0 Å². The van der Waals surface area contributed by atoms with E-state index in [-0.39, 0.29) is 0 Å². The zero-order chi connectivity index (χ0) is 9.80. The van der Waals surface area contributed by atoms with Crippen LogP contribution in [-0.4, -0.2) is 11.1 Å². The second kappa shape index (κ2) is 3.88. The molecule has 0 bridgehead atoms. The Balaban J connectivity index is 2.39. The number of hydrogen-bond donors (Lipinski definition) is 0. The van der Waals surface area contributed by atoms with Crippen LogP contribution in [0.25, 0.3) is 11.1 Å². The Labute approximate surface area is 83.0 Å². The van der Waals surface area contributed by atoms with Crippen LogP contribution in [0.15, 0.2) is 54.6 Å². The van der Waals surface area contributed by atoms with Crippen molar-refractivity contribution in [2.24, 2.45) is 0 Å². The average molecular weight is 183 g/mol. The van der Waals surface area contributed by atoms with E-state index in [0.29, 0.717) is 0 Å². The molecule has 2 rings (SSSR count). The van der Waals surface area contributed by atoms with Gasteiger partial charge in [0.1, 0.15) is 0 Å². The quantitative estimate of drug-likeness (QED) is 0.504. The number of carbonyl (C=O) groups excluding carboxylic acids is 1. The molecule has 2 aromatic carbocycles. The highest BCUT2D eigenvalue weighted by Gasteiger charge is 1.97. The summed E-state index contributed by atoms with van der Waals surface area (Å²) in [7, 11) is 0. The minimum absolute atomic E-state index is 0.824. The molecule has 0 spiro atoms. The molecule has 0 radical (unpaired) electrons. The van der Waals surface area contributed by atoms with Gasteiger partial charge < -0.3 is 0 Å². The molecule has 14 heavy (non-hydrogen) atoms. The standard InChI is InChI=1S/C13H10O/c14-10-11-6-8-13(9-7-11)12-4-2-1-3-5-12/h1-10H/p+1. The second-order valence-electron chi connectivity index (χ2n) is 3.12. The van der Waals surface area contributed by atoms with Gasteiger partial charge in [0.25, 0.3) is 0 Å². The molecule has 0 aliphatic carbocycles. The summed E-state index contributed by atoms with van der Waals surface area (Å²) >= 11 is 0. The van der Waals surface area contributed by atoms with Crippen LogP contribution < -0.4 is 0 Å². The maximum absolute atomic E-state index is 8.77. The van der Waals surface area contributed by atoms with Crippen LogP contribution in [-0.2, 0) is 0 Å². The first kappa shape index (κ1) is 8.70. The summed E-state index contributed by atoms with van der Waals surface area (Å²) in [5.74, 6) is 0. The molecule has 0 saturated carbocycles. The van der Waals surface area contributed by atoms with Crippen molar-refractivity contribution < 1.29 is 4.79 Å². The fourth-order valence-corrected chi connectivity index (χ4v) is 1.39. The second-order valence-corrected chi connectivity index (χ2v) is 3.12. The summed E-state index contributed by atoms with van der Waals surface area (Å²) in [5, 5.41) is 0. The summed E-state index contributed by atoms with van der Waals surface area (Å²) < 4.78 is 0. The van der Waals surface area contributed by atoms with Gasteiger partial charge in [0.05, 0.1) is 5.56 Å². The van der Waals surface area contributed by atoms with E-state index in [9.17, 15) is 0 Å².